The fourth-order valence-corrected chi connectivity index (χ4v) is 2.46. The van der Waals surface area contributed by atoms with Crippen LogP contribution >= 0.6 is 0 Å². The molecule has 0 radical (unpaired) electrons. The van der Waals surface area contributed by atoms with Crippen LogP contribution in [0.2, 0.25) is 0 Å². The molecule has 0 unspecified atom stereocenters. The third-order valence-corrected chi connectivity index (χ3v) is 3.73. The number of hydrogen-bond donors (Lipinski definition) is 0. The molecule has 3 heteroatoms. The summed E-state index contributed by atoms with van der Waals surface area (Å²) in [5.74, 6) is 0.556. The van der Waals surface area contributed by atoms with Gasteiger partial charge in [-0.25, -0.2) is 4.39 Å². The van der Waals surface area contributed by atoms with Gasteiger partial charge in [0.1, 0.15) is 5.82 Å². The van der Waals surface area contributed by atoms with Gasteiger partial charge in [0.2, 0.25) is 0 Å². The Hall–Kier alpha value is -1.40. The van der Waals surface area contributed by atoms with Crippen molar-refractivity contribution in [3.63, 3.8) is 0 Å². The van der Waals surface area contributed by atoms with Crippen LogP contribution in [0, 0.1) is 23.1 Å². The van der Waals surface area contributed by atoms with Gasteiger partial charge in [-0.3, -0.25) is 4.90 Å². The summed E-state index contributed by atoms with van der Waals surface area (Å²) in [7, 11) is 0. The van der Waals surface area contributed by atoms with Crippen LogP contribution in [0.1, 0.15) is 36.8 Å². The van der Waals surface area contributed by atoms with Crippen molar-refractivity contribution < 1.29 is 4.39 Å². The topological polar surface area (TPSA) is 27.0 Å². The van der Waals surface area contributed by atoms with E-state index in [0.29, 0.717) is 11.6 Å². The van der Waals surface area contributed by atoms with E-state index in [2.05, 4.69) is 4.90 Å². The van der Waals surface area contributed by atoms with Gasteiger partial charge in [0, 0.05) is 19.1 Å². The molecule has 0 saturated heterocycles. The van der Waals surface area contributed by atoms with Crippen LogP contribution in [0.15, 0.2) is 18.2 Å². The van der Waals surface area contributed by atoms with E-state index in [0.717, 1.165) is 24.6 Å². The Labute approximate surface area is 107 Å². The molecule has 2 aliphatic carbocycles. The van der Waals surface area contributed by atoms with Crippen LogP contribution in [-0.4, -0.2) is 17.5 Å². The molecule has 18 heavy (non-hydrogen) atoms. The molecule has 0 spiro atoms. The van der Waals surface area contributed by atoms with E-state index < -0.39 is 0 Å². The Kier molecular flexibility index (Phi) is 3.05. The molecule has 0 amide bonds. The second kappa shape index (κ2) is 4.70. The Morgan fingerprint density at radius 3 is 2.61 bits per heavy atom. The van der Waals surface area contributed by atoms with Gasteiger partial charge in [-0.05, 0) is 55.4 Å². The third kappa shape index (κ3) is 2.88. The molecule has 2 nitrogen and oxygen atoms in total. The highest BCUT2D eigenvalue weighted by Crippen LogP contribution is 2.35. The highest BCUT2D eigenvalue weighted by molar-refractivity contribution is 5.33. The van der Waals surface area contributed by atoms with Gasteiger partial charge in [-0.15, -0.1) is 0 Å². The van der Waals surface area contributed by atoms with Crippen LogP contribution in [0.5, 0.6) is 0 Å². The van der Waals surface area contributed by atoms with Crippen LogP contribution < -0.4 is 0 Å². The zero-order valence-corrected chi connectivity index (χ0v) is 10.4. The van der Waals surface area contributed by atoms with Crippen molar-refractivity contribution >= 4 is 0 Å². The second-order valence-electron chi connectivity index (χ2n) is 5.56. The Bertz CT molecular complexity index is 484. The van der Waals surface area contributed by atoms with Crippen molar-refractivity contribution in [1.82, 2.24) is 4.90 Å². The van der Waals surface area contributed by atoms with Crippen molar-refractivity contribution in [2.45, 2.75) is 38.3 Å². The van der Waals surface area contributed by atoms with Crippen molar-refractivity contribution in [3.8, 4) is 6.07 Å². The minimum atomic E-state index is -0.300. The normalized spacial score (nSPS) is 18.9. The van der Waals surface area contributed by atoms with E-state index >= 15 is 0 Å². The third-order valence-electron chi connectivity index (χ3n) is 3.73. The lowest BCUT2D eigenvalue weighted by molar-refractivity contribution is 0.244. The summed E-state index contributed by atoms with van der Waals surface area (Å²) in [4.78, 5) is 2.47. The fourth-order valence-electron chi connectivity index (χ4n) is 2.46. The molecule has 1 aromatic rings. The molecule has 0 aromatic heterocycles. The average Bonchev–Trinajstić information content (AvgIpc) is 3.20. The molecule has 2 fully saturated rings. The molecule has 0 bridgehead atoms. The molecule has 0 aliphatic heterocycles. The summed E-state index contributed by atoms with van der Waals surface area (Å²) >= 11 is 0. The van der Waals surface area contributed by atoms with E-state index in [-0.39, 0.29) is 5.82 Å². The molecule has 0 heterocycles. The summed E-state index contributed by atoms with van der Waals surface area (Å²) in [6.45, 7) is 1.93. The zero-order valence-electron chi connectivity index (χ0n) is 10.4. The van der Waals surface area contributed by atoms with E-state index in [4.69, 9.17) is 5.26 Å². The first-order valence-corrected chi connectivity index (χ1v) is 6.68. The minimum absolute atomic E-state index is 0.300. The molecule has 2 saturated carbocycles. The smallest absolute Gasteiger partial charge is 0.124 e. The Morgan fingerprint density at radius 1 is 1.22 bits per heavy atom. The van der Waals surface area contributed by atoms with Crippen molar-refractivity contribution in [1.29, 1.82) is 5.26 Å². The predicted octanol–water partition coefficient (Wildman–Crippen LogP) is 3.07. The standard InChI is InChI=1S/C15H17FN2/c16-14-6-12(8-17)5-13(7-14)10-18(15-3-4-15)9-11-1-2-11/h5-7,11,15H,1-4,9-10H2. The molecular formula is C15H17FN2. The first-order chi connectivity index (χ1) is 8.74. The summed E-state index contributed by atoms with van der Waals surface area (Å²) in [5.41, 5.74) is 1.35. The lowest BCUT2D eigenvalue weighted by atomic mass is 10.1. The van der Waals surface area contributed by atoms with Crippen molar-refractivity contribution in [2.24, 2.45) is 5.92 Å². The maximum absolute atomic E-state index is 13.4. The lowest BCUT2D eigenvalue weighted by Gasteiger charge is -2.22. The number of benzene rings is 1. The van der Waals surface area contributed by atoms with E-state index in [9.17, 15) is 4.39 Å². The number of halogens is 1. The van der Waals surface area contributed by atoms with Crippen LogP contribution in [0.4, 0.5) is 4.39 Å². The van der Waals surface area contributed by atoms with Gasteiger partial charge in [0.15, 0.2) is 0 Å². The summed E-state index contributed by atoms with van der Waals surface area (Å²) < 4.78 is 13.4. The number of nitrogens with zero attached hydrogens (tertiary/aromatic N) is 2. The number of rotatable bonds is 5. The first-order valence-electron chi connectivity index (χ1n) is 6.68. The van der Waals surface area contributed by atoms with E-state index in [1.54, 1.807) is 6.07 Å². The molecule has 2 aliphatic rings. The van der Waals surface area contributed by atoms with Crippen molar-refractivity contribution in [2.75, 3.05) is 6.54 Å². The highest BCUT2D eigenvalue weighted by Gasteiger charge is 2.33. The summed E-state index contributed by atoms with van der Waals surface area (Å²) in [6.07, 6.45) is 5.23. The number of hydrogen-bond acceptors (Lipinski definition) is 2. The maximum atomic E-state index is 13.4. The first kappa shape index (κ1) is 11.7. The fraction of sp³-hybridized carbons (Fsp3) is 0.533. The Balaban J connectivity index is 1.72. The molecule has 1 aromatic carbocycles. The predicted molar refractivity (Wildman–Crippen MR) is 67.3 cm³/mol. The lowest BCUT2D eigenvalue weighted by Crippen LogP contribution is -2.27. The van der Waals surface area contributed by atoms with Gasteiger partial charge >= 0.3 is 0 Å². The Morgan fingerprint density at radius 2 is 2.00 bits per heavy atom. The largest absolute Gasteiger partial charge is 0.296 e. The molecule has 0 atom stereocenters. The van der Waals surface area contributed by atoms with Gasteiger partial charge < -0.3 is 0 Å². The van der Waals surface area contributed by atoms with Crippen LogP contribution in [0.3, 0.4) is 0 Å². The van der Waals surface area contributed by atoms with Crippen LogP contribution in [0.25, 0.3) is 0 Å². The van der Waals surface area contributed by atoms with Crippen LogP contribution in [-0.2, 0) is 6.54 Å². The molecule has 0 N–H and O–H groups in total. The number of nitriles is 1. The minimum Gasteiger partial charge on any atom is -0.296 e. The summed E-state index contributed by atoms with van der Waals surface area (Å²) in [6, 6.07) is 7.38. The average molecular weight is 244 g/mol. The van der Waals surface area contributed by atoms with Gasteiger partial charge in [-0.2, -0.15) is 5.26 Å². The van der Waals surface area contributed by atoms with Crippen molar-refractivity contribution in [3.05, 3.63) is 35.1 Å². The second-order valence-corrected chi connectivity index (χ2v) is 5.56. The zero-order chi connectivity index (χ0) is 12.5. The SMILES string of the molecule is N#Cc1cc(F)cc(CN(CC2CC2)C2CC2)c1. The highest BCUT2D eigenvalue weighted by atomic mass is 19.1. The quantitative estimate of drug-likeness (QED) is 0.796. The van der Waals surface area contributed by atoms with Gasteiger partial charge in [0.05, 0.1) is 11.6 Å². The molecular weight excluding hydrogens is 227 g/mol. The maximum Gasteiger partial charge on any atom is 0.124 e. The monoisotopic (exact) mass is 244 g/mol. The summed E-state index contributed by atoms with van der Waals surface area (Å²) in [5, 5.41) is 8.87. The van der Waals surface area contributed by atoms with Gasteiger partial charge in [-0.1, -0.05) is 0 Å². The van der Waals surface area contributed by atoms with E-state index in [1.165, 1.54) is 31.7 Å². The van der Waals surface area contributed by atoms with E-state index in [1.807, 2.05) is 12.1 Å². The molecule has 94 valence electrons. The van der Waals surface area contributed by atoms with Gasteiger partial charge in [0.25, 0.3) is 0 Å². The molecule has 3 rings (SSSR count).